The number of thiophene rings is 1. The maximum absolute atomic E-state index is 4.62. The fourth-order valence-electron chi connectivity index (χ4n) is 1.85. The molecule has 2 aromatic heterocycles. The fourth-order valence-corrected chi connectivity index (χ4v) is 4.09. The second-order valence-corrected chi connectivity index (χ2v) is 7.79. The Balaban J connectivity index is 0.00000264. The molecule has 0 aromatic carbocycles. The van der Waals surface area contributed by atoms with E-state index in [1.54, 1.807) is 22.7 Å². The van der Waals surface area contributed by atoms with Crippen LogP contribution in [0.5, 0.6) is 0 Å². The number of hydrogen-bond acceptors (Lipinski definition) is 4. The van der Waals surface area contributed by atoms with E-state index >= 15 is 0 Å². The summed E-state index contributed by atoms with van der Waals surface area (Å²) in [6, 6.07) is 2.11. The Morgan fingerprint density at radius 2 is 2.13 bits per heavy atom. The summed E-state index contributed by atoms with van der Waals surface area (Å²) in [5.74, 6) is 0.860. The van der Waals surface area contributed by atoms with Crippen molar-refractivity contribution < 1.29 is 0 Å². The van der Waals surface area contributed by atoms with E-state index in [0.717, 1.165) is 36.4 Å². The fraction of sp³-hybridized carbons (Fsp3) is 0.467. The molecule has 0 spiro atoms. The molecule has 0 fully saturated rings. The van der Waals surface area contributed by atoms with Crippen molar-refractivity contribution in [2.24, 2.45) is 4.99 Å². The minimum Gasteiger partial charge on any atom is -0.357 e. The average molecular weight is 529 g/mol. The van der Waals surface area contributed by atoms with E-state index in [9.17, 15) is 0 Å². The first-order valence-corrected chi connectivity index (χ1v) is 9.88. The molecule has 128 valence electrons. The molecule has 0 bridgehead atoms. The van der Waals surface area contributed by atoms with Gasteiger partial charge < -0.3 is 10.6 Å². The van der Waals surface area contributed by atoms with Crippen LogP contribution in [-0.4, -0.2) is 24.0 Å². The minimum absolute atomic E-state index is 0. The smallest absolute Gasteiger partial charge is 0.191 e. The zero-order valence-electron chi connectivity index (χ0n) is 13.3. The van der Waals surface area contributed by atoms with Gasteiger partial charge in [-0.25, -0.2) is 9.98 Å². The van der Waals surface area contributed by atoms with E-state index in [4.69, 9.17) is 0 Å². The Morgan fingerprint density at radius 3 is 2.74 bits per heavy atom. The average Bonchev–Trinajstić information content (AvgIpc) is 3.13. The summed E-state index contributed by atoms with van der Waals surface area (Å²) in [4.78, 5) is 11.7. The quantitative estimate of drug-likeness (QED) is 0.317. The molecule has 0 saturated carbocycles. The van der Waals surface area contributed by atoms with Gasteiger partial charge in [-0.3, -0.25) is 0 Å². The van der Waals surface area contributed by atoms with Gasteiger partial charge in [-0.05, 0) is 35.3 Å². The molecule has 23 heavy (non-hydrogen) atoms. The summed E-state index contributed by atoms with van der Waals surface area (Å²) in [5, 5.41) is 9.91. The predicted molar refractivity (Wildman–Crippen MR) is 115 cm³/mol. The van der Waals surface area contributed by atoms with Crippen molar-refractivity contribution in [3.8, 4) is 0 Å². The van der Waals surface area contributed by atoms with Gasteiger partial charge in [-0.1, -0.05) is 6.92 Å². The summed E-state index contributed by atoms with van der Waals surface area (Å²) in [6.45, 7) is 6.64. The van der Waals surface area contributed by atoms with Crippen LogP contribution in [0, 0.1) is 0 Å². The van der Waals surface area contributed by atoms with Crippen molar-refractivity contribution in [3.05, 3.63) is 36.9 Å². The Labute approximate surface area is 171 Å². The first-order valence-electron chi connectivity index (χ1n) is 7.40. The molecule has 8 heteroatoms. The van der Waals surface area contributed by atoms with E-state index in [1.165, 1.54) is 14.8 Å². The summed E-state index contributed by atoms with van der Waals surface area (Å²) in [7, 11) is 0. The van der Waals surface area contributed by atoms with Crippen molar-refractivity contribution in [1.82, 2.24) is 15.6 Å². The highest BCUT2D eigenvalue weighted by Crippen LogP contribution is 2.20. The lowest BCUT2D eigenvalue weighted by Gasteiger charge is -2.10. The molecule has 2 heterocycles. The van der Waals surface area contributed by atoms with Crippen LogP contribution in [0.2, 0.25) is 0 Å². The van der Waals surface area contributed by atoms with Gasteiger partial charge in [0.2, 0.25) is 0 Å². The van der Waals surface area contributed by atoms with E-state index in [-0.39, 0.29) is 24.0 Å². The van der Waals surface area contributed by atoms with Crippen molar-refractivity contribution in [3.63, 3.8) is 0 Å². The molecule has 0 aliphatic heterocycles. The van der Waals surface area contributed by atoms with E-state index in [1.807, 2.05) is 6.20 Å². The van der Waals surface area contributed by atoms with Crippen LogP contribution in [0.1, 0.15) is 28.6 Å². The molecule has 0 unspecified atom stereocenters. The van der Waals surface area contributed by atoms with E-state index in [0.29, 0.717) is 6.54 Å². The van der Waals surface area contributed by atoms with Crippen LogP contribution >= 0.6 is 62.6 Å². The Hall–Kier alpha value is -0.190. The molecule has 0 saturated heterocycles. The standard InChI is InChI=1S/C15H21BrN4S2.HI/c1-3-12-8-19-14(22-12)5-6-18-15(17-4-2)20-9-13-7-11(16)10-21-13;/h7-8,10H,3-6,9H2,1-2H3,(H2,17,18,20);1H. The summed E-state index contributed by atoms with van der Waals surface area (Å²) in [5.41, 5.74) is 0. The Bertz CT molecular complexity index is 612. The van der Waals surface area contributed by atoms with Crippen LogP contribution in [0.15, 0.2) is 27.1 Å². The van der Waals surface area contributed by atoms with Crippen LogP contribution in [0.4, 0.5) is 0 Å². The molecule has 0 atom stereocenters. The van der Waals surface area contributed by atoms with Gasteiger partial charge in [-0.2, -0.15) is 0 Å². The SMILES string of the molecule is CCNC(=NCc1cc(Br)cs1)NCCc1ncc(CC)s1.I. The molecule has 4 nitrogen and oxygen atoms in total. The number of aryl methyl sites for hydroxylation is 1. The molecule has 2 N–H and O–H groups in total. The van der Waals surface area contributed by atoms with E-state index < -0.39 is 0 Å². The number of nitrogens with zero attached hydrogens (tertiary/aromatic N) is 2. The van der Waals surface area contributed by atoms with Crippen LogP contribution in [0.25, 0.3) is 0 Å². The third kappa shape index (κ3) is 7.49. The topological polar surface area (TPSA) is 49.3 Å². The van der Waals surface area contributed by atoms with Crippen LogP contribution < -0.4 is 10.6 Å². The zero-order chi connectivity index (χ0) is 15.8. The predicted octanol–water partition coefficient (Wildman–Crippen LogP) is 4.45. The minimum atomic E-state index is 0. The van der Waals surface area contributed by atoms with Crippen LogP contribution in [0.3, 0.4) is 0 Å². The zero-order valence-corrected chi connectivity index (χ0v) is 18.8. The molecule has 2 rings (SSSR count). The largest absolute Gasteiger partial charge is 0.357 e. The molecular weight excluding hydrogens is 507 g/mol. The number of guanidine groups is 1. The lowest BCUT2D eigenvalue weighted by Crippen LogP contribution is -2.38. The molecule has 2 aromatic rings. The van der Waals surface area contributed by atoms with Crippen LogP contribution in [-0.2, 0) is 19.4 Å². The summed E-state index contributed by atoms with van der Waals surface area (Å²) < 4.78 is 1.12. The van der Waals surface area contributed by atoms with Gasteiger partial charge in [0.05, 0.1) is 11.6 Å². The normalized spacial score (nSPS) is 11.2. The number of halogens is 2. The Kier molecular flexibility index (Phi) is 10.3. The highest BCUT2D eigenvalue weighted by molar-refractivity contribution is 14.0. The highest BCUT2D eigenvalue weighted by atomic mass is 127. The third-order valence-electron chi connectivity index (χ3n) is 2.94. The maximum Gasteiger partial charge on any atom is 0.191 e. The first kappa shape index (κ1) is 20.9. The molecule has 0 aliphatic carbocycles. The second kappa shape index (κ2) is 11.4. The number of hydrogen-bond donors (Lipinski definition) is 2. The lowest BCUT2D eigenvalue weighted by atomic mass is 10.4. The van der Waals surface area contributed by atoms with Gasteiger partial charge in [0.1, 0.15) is 0 Å². The molecular formula is C15H22BrIN4S2. The first-order chi connectivity index (χ1) is 10.7. The summed E-state index contributed by atoms with van der Waals surface area (Å²) >= 11 is 6.98. The summed E-state index contributed by atoms with van der Waals surface area (Å²) in [6.07, 6.45) is 3.97. The second-order valence-electron chi connectivity index (χ2n) is 4.68. The highest BCUT2D eigenvalue weighted by Gasteiger charge is 2.02. The van der Waals surface area contributed by atoms with Gasteiger partial charge in [-0.15, -0.1) is 46.7 Å². The monoisotopic (exact) mass is 528 g/mol. The number of thiazole rings is 1. The number of aliphatic imine (C=N–C) groups is 1. The van der Waals surface area contributed by atoms with Gasteiger partial charge in [0.15, 0.2) is 5.96 Å². The van der Waals surface area contributed by atoms with Crippen molar-refractivity contribution in [2.45, 2.75) is 33.2 Å². The van der Waals surface area contributed by atoms with Gasteiger partial charge in [0.25, 0.3) is 0 Å². The number of aromatic nitrogens is 1. The molecule has 0 amide bonds. The molecule has 0 radical (unpaired) electrons. The number of rotatable bonds is 7. The Morgan fingerprint density at radius 1 is 1.30 bits per heavy atom. The maximum atomic E-state index is 4.62. The molecule has 0 aliphatic rings. The van der Waals surface area contributed by atoms with Gasteiger partial charge >= 0.3 is 0 Å². The van der Waals surface area contributed by atoms with Crippen molar-refractivity contribution >= 4 is 68.5 Å². The van der Waals surface area contributed by atoms with Gasteiger partial charge in [0, 0.05) is 45.3 Å². The lowest BCUT2D eigenvalue weighted by molar-refractivity contribution is 0.797. The third-order valence-corrected chi connectivity index (χ3v) is 5.82. The van der Waals surface area contributed by atoms with E-state index in [2.05, 4.69) is 61.8 Å². The number of nitrogens with one attached hydrogen (secondary N) is 2. The van der Waals surface area contributed by atoms with Crippen molar-refractivity contribution in [1.29, 1.82) is 0 Å². The van der Waals surface area contributed by atoms with Crippen molar-refractivity contribution in [2.75, 3.05) is 13.1 Å².